The number of hydrogen-bond donors (Lipinski definition) is 2. The third-order valence-electron chi connectivity index (χ3n) is 5.13. The molecule has 0 fully saturated rings. The minimum absolute atomic E-state index is 0.144. The Hall–Kier alpha value is -4.14. The largest absolute Gasteiger partial charge is 0.416 e. The number of para-hydroxylation sites is 1. The number of anilines is 2. The number of carbonyl (C=O) groups is 2. The predicted molar refractivity (Wildman–Crippen MR) is 119 cm³/mol. The first-order valence-corrected chi connectivity index (χ1v) is 9.99. The lowest BCUT2D eigenvalue weighted by Gasteiger charge is -2.21. The molecule has 3 aromatic rings. The molecule has 0 bridgehead atoms. The lowest BCUT2D eigenvalue weighted by atomic mass is 10.0. The molecule has 3 aromatic carbocycles. The van der Waals surface area contributed by atoms with Gasteiger partial charge in [-0.25, -0.2) is 9.79 Å². The fourth-order valence-electron chi connectivity index (χ4n) is 3.48. The number of carbonyl (C=O) groups excluding carboxylic acids is 2. The Labute approximate surface area is 187 Å². The molecule has 0 unspecified atom stereocenters. The summed E-state index contributed by atoms with van der Waals surface area (Å²) >= 11 is 0. The Morgan fingerprint density at radius 3 is 2.24 bits per heavy atom. The van der Waals surface area contributed by atoms with Crippen LogP contribution in [-0.2, 0) is 11.0 Å². The maximum Gasteiger partial charge on any atom is 0.416 e. The number of aliphatic imine (C=N–C) groups is 1. The van der Waals surface area contributed by atoms with Crippen molar-refractivity contribution in [3.8, 4) is 0 Å². The van der Waals surface area contributed by atoms with Crippen LogP contribution in [0.3, 0.4) is 0 Å². The second kappa shape index (κ2) is 8.78. The molecule has 168 valence electrons. The van der Waals surface area contributed by atoms with Gasteiger partial charge in [0.05, 0.1) is 17.0 Å². The highest BCUT2D eigenvalue weighted by molar-refractivity contribution is 6.20. The van der Waals surface area contributed by atoms with Gasteiger partial charge in [0.2, 0.25) is 6.17 Å². The van der Waals surface area contributed by atoms with E-state index >= 15 is 0 Å². The molecule has 0 radical (unpaired) electrons. The van der Waals surface area contributed by atoms with Gasteiger partial charge in [0.1, 0.15) is 0 Å². The second-order valence-corrected chi connectivity index (χ2v) is 7.33. The first-order chi connectivity index (χ1) is 15.7. The van der Waals surface area contributed by atoms with E-state index in [-0.39, 0.29) is 5.69 Å². The van der Waals surface area contributed by atoms with E-state index in [9.17, 15) is 22.8 Å². The third kappa shape index (κ3) is 4.72. The zero-order valence-electron chi connectivity index (χ0n) is 17.4. The van der Waals surface area contributed by atoms with Crippen molar-refractivity contribution in [3.63, 3.8) is 0 Å². The SMILES string of the molecule is CN1C(=O)[C@H](NC(=O)Nc2ccc(C(F)(F)F)cc2)N=C(c2ccccc2)c2ccccc21. The number of hydrogen-bond acceptors (Lipinski definition) is 3. The number of benzodiazepines with no additional fused rings is 1. The number of halogens is 3. The van der Waals surface area contributed by atoms with Crippen molar-refractivity contribution in [1.82, 2.24) is 5.32 Å². The van der Waals surface area contributed by atoms with Gasteiger partial charge < -0.3 is 15.5 Å². The highest BCUT2D eigenvalue weighted by atomic mass is 19.4. The van der Waals surface area contributed by atoms with Crippen LogP contribution in [0.15, 0.2) is 83.9 Å². The second-order valence-electron chi connectivity index (χ2n) is 7.33. The van der Waals surface area contributed by atoms with Crippen LogP contribution >= 0.6 is 0 Å². The van der Waals surface area contributed by atoms with Gasteiger partial charge in [0.25, 0.3) is 5.91 Å². The summed E-state index contributed by atoms with van der Waals surface area (Å²) in [6.07, 6.45) is -5.72. The highest BCUT2D eigenvalue weighted by Crippen LogP contribution is 2.30. The van der Waals surface area contributed by atoms with Crippen LogP contribution in [0.4, 0.5) is 29.3 Å². The molecule has 0 saturated carbocycles. The standard InChI is InChI=1S/C24H19F3N4O2/c1-31-19-10-6-5-9-18(19)20(15-7-3-2-4-8-15)29-21(22(31)32)30-23(33)28-17-13-11-16(12-14-17)24(25,26)27/h2-14,21H,1H3,(H2,28,30,33)/t21-/m0/s1. The van der Waals surface area contributed by atoms with Crippen LogP contribution in [-0.4, -0.2) is 30.9 Å². The molecule has 0 aromatic heterocycles. The van der Waals surface area contributed by atoms with Crippen LogP contribution in [0, 0.1) is 0 Å². The summed E-state index contributed by atoms with van der Waals surface area (Å²) in [6, 6.07) is 19.7. The summed E-state index contributed by atoms with van der Waals surface area (Å²) in [5, 5.41) is 4.96. The average molecular weight is 452 g/mol. The zero-order chi connectivity index (χ0) is 23.6. The molecule has 9 heteroatoms. The van der Waals surface area contributed by atoms with Crippen molar-refractivity contribution in [2.45, 2.75) is 12.3 Å². The van der Waals surface area contributed by atoms with E-state index in [1.165, 1.54) is 4.90 Å². The van der Waals surface area contributed by atoms with Crippen molar-refractivity contribution < 1.29 is 22.8 Å². The number of nitrogens with one attached hydrogen (secondary N) is 2. The molecular weight excluding hydrogens is 433 g/mol. The van der Waals surface area contributed by atoms with Gasteiger partial charge in [-0.1, -0.05) is 48.5 Å². The summed E-state index contributed by atoms with van der Waals surface area (Å²) in [6.45, 7) is 0. The topological polar surface area (TPSA) is 73.8 Å². The summed E-state index contributed by atoms with van der Waals surface area (Å²) in [5.41, 5.74) is 1.98. The van der Waals surface area contributed by atoms with Gasteiger partial charge in [-0.15, -0.1) is 0 Å². The van der Waals surface area contributed by atoms with Gasteiger partial charge in [-0.2, -0.15) is 13.2 Å². The Bertz CT molecular complexity index is 1210. The van der Waals surface area contributed by atoms with Crippen LogP contribution in [0.1, 0.15) is 16.7 Å². The van der Waals surface area contributed by atoms with Crippen LogP contribution in [0.5, 0.6) is 0 Å². The van der Waals surface area contributed by atoms with Crippen molar-refractivity contribution in [2.75, 3.05) is 17.3 Å². The highest BCUT2D eigenvalue weighted by Gasteiger charge is 2.32. The van der Waals surface area contributed by atoms with Gasteiger partial charge in [0.15, 0.2) is 0 Å². The molecule has 0 saturated heterocycles. The monoisotopic (exact) mass is 452 g/mol. The maximum atomic E-state index is 13.1. The Morgan fingerprint density at radius 1 is 0.939 bits per heavy atom. The summed E-state index contributed by atoms with van der Waals surface area (Å²) < 4.78 is 38.2. The number of likely N-dealkylation sites (N-methyl/N-ethyl adjacent to an activating group) is 1. The first-order valence-electron chi connectivity index (χ1n) is 9.99. The number of rotatable bonds is 3. The van der Waals surface area contributed by atoms with E-state index < -0.39 is 29.8 Å². The van der Waals surface area contributed by atoms with Gasteiger partial charge >= 0.3 is 12.2 Å². The lowest BCUT2D eigenvalue weighted by molar-refractivity contribution is -0.137. The molecule has 0 aliphatic carbocycles. The third-order valence-corrected chi connectivity index (χ3v) is 5.13. The Kier molecular flexibility index (Phi) is 5.87. The molecular formula is C24H19F3N4O2. The molecule has 4 rings (SSSR count). The van der Waals surface area contributed by atoms with E-state index in [0.29, 0.717) is 11.4 Å². The molecule has 1 heterocycles. The lowest BCUT2D eigenvalue weighted by Crippen LogP contribution is -2.47. The van der Waals surface area contributed by atoms with E-state index in [2.05, 4.69) is 15.6 Å². The minimum atomic E-state index is -4.48. The number of nitrogens with zero attached hydrogens (tertiary/aromatic N) is 2. The minimum Gasteiger partial charge on any atom is -0.311 e. The number of amides is 3. The summed E-state index contributed by atoms with van der Waals surface area (Å²) in [4.78, 5) is 31.6. The molecule has 1 aliphatic rings. The van der Waals surface area contributed by atoms with Crippen LogP contribution in [0.25, 0.3) is 0 Å². The first kappa shape index (κ1) is 22.1. The van der Waals surface area contributed by atoms with Gasteiger partial charge in [-0.05, 0) is 30.3 Å². The molecule has 2 N–H and O–H groups in total. The molecule has 33 heavy (non-hydrogen) atoms. The van der Waals surface area contributed by atoms with Crippen molar-refractivity contribution in [1.29, 1.82) is 0 Å². The van der Waals surface area contributed by atoms with Crippen molar-refractivity contribution in [3.05, 3.63) is 95.6 Å². The summed E-state index contributed by atoms with van der Waals surface area (Å²) in [5.74, 6) is -0.462. The van der Waals surface area contributed by atoms with Crippen LogP contribution in [0.2, 0.25) is 0 Å². The number of alkyl halides is 3. The fraction of sp³-hybridized carbons (Fsp3) is 0.125. The molecule has 0 spiro atoms. The number of urea groups is 1. The van der Waals surface area contributed by atoms with E-state index in [1.54, 1.807) is 19.2 Å². The smallest absolute Gasteiger partial charge is 0.311 e. The fourth-order valence-corrected chi connectivity index (χ4v) is 3.48. The van der Waals surface area contributed by atoms with Gasteiger partial charge in [0, 0.05) is 23.9 Å². The molecule has 1 atom stereocenters. The quantitative estimate of drug-likeness (QED) is 0.606. The van der Waals surface area contributed by atoms with Gasteiger partial charge in [-0.3, -0.25) is 4.79 Å². The predicted octanol–water partition coefficient (Wildman–Crippen LogP) is 4.67. The normalized spacial score (nSPS) is 15.9. The Morgan fingerprint density at radius 2 is 1.58 bits per heavy atom. The van der Waals surface area contributed by atoms with Crippen molar-refractivity contribution in [2.24, 2.45) is 4.99 Å². The van der Waals surface area contributed by atoms with E-state index in [1.807, 2.05) is 42.5 Å². The average Bonchev–Trinajstić information content (AvgIpc) is 2.90. The summed E-state index contributed by atoms with van der Waals surface area (Å²) in [7, 11) is 1.59. The van der Waals surface area contributed by atoms with E-state index in [0.717, 1.165) is 35.4 Å². The number of fused-ring (bicyclic) bond motifs is 1. The Balaban J connectivity index is 1.61. The van der Waals surface area contributed by atoms with Crippen LogP contribution < -0.4 is 15.5 Å². The molecule has 3 amide bonds. The zero-order valence-corrected chi connectivity index (χ0v) is 17.4. The number of benzene rings is 3. The van der Waals surface area contributed by atoms with E-state index in [4.69, 9.17) is 0 Å². The maximum absolute atomic E-state index is 13.1. The molecule has 6 nitrogen and oxygen atoms in total. The van der Waals surface area contributed by atoms with Crippen molar-refractivity contribution >= 4 is 29.0 Å². The molecule has 1 aliphatic heterocycles.